The molecule has 3 aromatic rings. The van der Waals surface area contributed by atoms with Crippen LogP contribution in [0.25, 0.3) is 5.65 Å². The maximum atomic E-state index is 12.1. The molecule has 136 valence electrons. The molecule has 0 bridgehead atoms. The number of nitrogens with one attached hydrogen (secondary N) is 1. The van der Waals surface area contributed by atoms with Crippen molar-refractivity contribution in [1.82, 2.24) is 14.7 Å². The molecule has 0 radical (unpaired) electrons. The van der Waals surface area contributed by atoms with Crippen molar-refractivity contribution in [2.45, 2.75) is 26.3 Å². The van der Waals surface area contributed by atoms with Gasteiger partial charge in [0.05, 0.1) is 26.5 Å². The average Bonchev–Trinajstić information content (AvgIpc) is 3.06. The van der Waals surface area contributed by atoms with Crippen molar-refractivity contribution < 1.29 is 14.3 Å². The summed E-state index contributed by atoms with van der Waals surface area (Å²) >= 11 is 0. The minimum atomic E-state index is -0.00646. The maximum absolute atomic E-state index is 12.1. The van der Waals surface area contributed by atoms with E-state index in [2.05, 4.69) is 10.3 Å². The van der Waals surface area contributed by atoms with E-state index in [1.54, 1.807) is 14.2 Å². The standard InChI is InChI=1S/C20H23N3O3/c1-14-8-9-23-13-16(22-19(23)10-14)12-21-20(24)7-5-15-4-6-17(25-2)18(11-15)26-3/h4,6,8-11,13H,5,7,12H2,1-3H3,(H,21,24). The summed E-state index contributed by atoms with van der Waals surface area (Å²) in [6, 6.07) is 9.74. The lowest BCUT2D eigenvalue weighted by atomic mass is 10.1. The van der Waals surface area contributed by atoms with Gasteiger partial charge in [-0.05, 0) is 48.7 Å². The number of nitrogens with zero attached hydrogens (tertiary/aromatic N) is 2. The third kappa shape index (κ3) is 4.14. The third-order valence-electron chi connectivity index (χ3n) is 4.22. The van der Waals surface area contributed by atoms with Gasteiger partial charge in [-0.3, -0.25) is 4.79 Å². The molecular weight excluding hydrogens is 330 g/mol. The Bertz CT molecular complexity index is 918. The molecule has 1 aromatic carbocycles. The predicted octanol–water partition coefficient (Wildman–Crippen LogP) is 2.91. The second-order valence-corrected chi connectivity index (χ2v) is 6.17. The molecule has 0 aliphatic heterocycles. The van der Waals surface area contributed by atoms with Gasteiger partial charge in [0.1, 0.15) is 5.65 Å². The zero-order valence-electron chi connectivity index (χ0n) is 15.3. The minimum absolute atomic E-state index is 0.00646. The Labute approximate surface area is 152 Å². The summed E-state index contributed by atoms with van der Waals surface area (Å²) in [4.78, 5) is 16.7. The summed E-state index contributed by atoms with van der Waals surface area (Å²) in [5, 5.41) is 2.93. The summed E-state index contributed by atoms with van der Waals surface area (Å²) < 4.78 is 12.5. The Hall–Kier alpha value is -3.02. The van der Waals surface area contributed by atoms with E-state index in [0.717, 1.165) is 22.5 Å². The van der Waals surface area contributed by atoms with Crippen molar-refractivity contribution in [1.29, 1.82) is 0 Å². The summed E-state index contributed by atoms with van der Waals surface area (Å²) in [5.74, 6) is 1.35. The van der Waals surface area contributed by atoms with E-state index in [9.17, 15) is 4.79 Å². The van der Waals surface area contributed by atoms with Crippen molar-refractivity contribution in [3.8, 4) is 11.5 Å². The van der Waals surface area contributed by atoms with Crippen LogP contribution in [0.15, 0.2) is 42.7 Å². The summed E-state index contributed by atoms with van der Waals surface area (Å²) in [6.45, 7) is 2.45. The van der Waals surface area contributed by atoms with Gasteiger partial charge in [-0.1, -0.05) is 6.07 Å². The van der Waals surface area contributed by atoms with Gasteiger partial charge in [0.2, 0.25) is 5.91 Å². The monoisotopic (exact) mass is 353 g/mol. The second kappa shape index (κ2) is 7.91. The highest BCUT2D eigenvalue weighted by atomic mass is 16.5. The molecule has 0 spiro atoms. The van der Waals surface area contributed by atoms with Crippen LogP contribution in [-0.2, 0) is 17.8 Å². The van der Waals surface area contributed by atoms with Crippen molar-refractivity contribution in [3.63, 3.8) is 0 Å². The van der Waals surface area contributed by atoms with E-state index in [0.29, 0.717) is 30.9 Å². The Morgan fingerprint density at radius 2 is 1.96 bits per heavy atom. The van der Waals surface area contributed by atoms with Crippen LogP contribution in [0.3, 0.4) is 0 Å². The number of methoxy groups -OCH3 is 2. The predicted molar refractivity (Wildman–Crippen MR) is 99.6 cm³/mol. The molecule has 0 aliphatic carbocycles. The first-order valence-corrected chi connectivity index (χ1v) is 8.51. The number of imidazole rings is 1. The largest absolute Gasteiger partial charge is 0.493 e. The number of hydrogen-bond donors (Lipinski definition) is 1. The molecule has 0 unspecified atom stereocenters. The number of amides is 1. The Balaban J connectivity index is 1.53. The van der Waals surface area contributed by atoms with Crippen molar-refractivity contribution >= 4 is 11.6 Å². The number of aryl methyl sites for hydroxylation is 2. The Morgan fingerprint density at radius 3 is 2.73 bits per heavy atom. The summed E-state index contributed by atoms with van der Waals surface area (Å²) in [7, 11) is 3.20. The van der Waals surface area contributed by atoms with Gasteiger partial charge >= 0.3 is 0 Å². The van der Waals surface area contributed by atoms with Crippen LogP contribution in [0.1, 0.15) is 23.2 Å². The molecule has 3 rings (SSSR count). The van der Waals surface area contributed by atoms with Gasteiger partial charge in [0, 0.05) is 18.8 Å². The number of carbonyl (C=O) groups excluding carboxylic acids is 1. The van der Waals surface area contributed by atoms with Crippen LogP contribution in [-0.4, -0.2) is 29.5 Å². The highest BCUT2D eigenvalue weighted by Gasteiger charge is 2.08. The molecule has 2 heterocycles. The molecule has 6 heteroatoms. The van der Waals surface area contributed by atoms with Crippen LogP contribution in [0.5, 0.6) is 11.5 Å². The molecule has 0 fully saturated rings. The van der Waals surface area contributed by atoms with Gasteiger partial charge in [0.25, 0.3) is 0 Å². The van der Waals surface area contributed by atoms with Gasteiger partial charge in [-0.2, -0.15) is 0 Å². The number of carbonyl (C=O) groups is 1. The number of aromatic nitrogens is 2. The SMILES string of the molecule is COc1ccc(CCC(=O)NCc2cn3ccc(C)cc3n2)cc1OC. The van der Waals surface area contributed by atoms with Crippen LogP contribution in [0.4, 0.5) is 0 Å². The van der Waals surface area contributed by atoms with Gasteiger partial charge in [0.15, 0.2) is 11.5 Å². The van der Waals surface area contributed by atoms with Crippen LogP contribution in [0, 0.1) is 6.92 Å². The van der Waals surface area contributed by atoms with E-state index in [-0.39, 0.29) is 5.91 Å². The lowest BCUT2D eigenvalue weighted by Gasteiger charge is -2.09. The van der Waals surface area contributed by atoms with Gasteiger partial charge in [-0.15, -0.1) is 0 Å². The van der Waals surface area contributed by atoms with Gasteiger partial charge in [-0.25, -0.2) is 4.98 Å². The first kappa shape index (κ1) is 17.8. The Kier molecular flexibility index (Phi) is 5.41. The molecule has 1 amide bonds. The normalized spacial score (nSPS) is 10.7. The minimum Gasteiger partial charge on any atom is -0.493 e. The fourth-order valence-electron chi connectivity index (χ4n) is 2.79. The van der Waals surface area contributed by atoms with Gasteiger partial charge < -0.3 is 19.2 Å². The van der Waals surface area contributed by atoms with Crippen LogP contribution < -0.4 is 14.8 Å². The smallest absolute Gasteiger partial charge is 0.220 e. The van der Waals surface area contributed by atoms with E-state index >= 15 is 0 Å². The zero-order chi connectivity index (χ0) is 18.5. The van der Waals surface area contributed by atoms with Crippen molar-refractivity contribution in [2.75, 3.05) is 14.2 Å². The lowest BCUT2D eigenvalue weighted by Crippen LogP contribution is -2.23. The molecule has 0 saturated carbocycles. The molecule has 0 atom stereocenters. The topological polar surface area (TPSA) is 64.9 Å². The second-order valence-electron chi connectivity index (χ2n) is 6.17. The highest BCUT2D eigenvalue weighted by molar-refractivity contribution is 5.76. The molecule has 26 heavy (non-hydrogen) atoms. The van der Waals surface area contributed by atoms with E-state index in [1.165, 1.54) is 0 Å². The number of ether oxygens (including phenoxy) is 2. The summed E-state index contributed by atoms with van der Waals surface area (Å²) in [5.41, 5.74) is 3.92. The molecule has 0 saturated heterocycles. The third-order valence-corrected chi connectivity index (χ3v) is 4.22. The Morgan fingerprint density at radius 1 is 1.15 bits per heavy atom. The molecular formula is C20H23N3O3. The fraction of sp³-hybridized carbons (Fsp3) is 0.300. The average molecular weight is 353 g/mol. The number of pyridine rings is 1. The first-order valence-electron chi connectivity index (χ1n) is 8.51. The number of rotatable bonds is 7. The first-order chi connectivity index (χ1) is 12.6. The van der Waals surface area contributed by atoms with Crippen LogP contribution in [0.2, 0.25) is 0 Å². The number of hydrogen-bond acceptors (Lipinski definition) is 4. The lowest BCUT2D eigenvalue weighted by molar-refractivity contribution is -0.121. The molecule has 1 N–H and O–H groups in total. The van der Waals surface area contributed by atoms with E-state index < -0.39 is 0 Å². The highest BCUT2D eigenvalue weighted by Crippen LogP contribution is 2.27. The quantitative estimate of drug-likeness (QED) is 0.709. The molecule has 6 nitrogen and oxygen atoms in total. The van der Waals surface area contributed by atoms with Crippen molar-refractivity contribution in [2.24, 2.45) is 0 Å². The van der Waals surface area contributed by atoms with E-state index in [4.69, 9.17) is 9.47 Å². The summed E-state index contributed by atoms with van der Waals surface area (Å²) in [6.07, 6.45) is 4.95. The molecule has 0 aliphatic rings. The fourth-order valence-corrected chi connectivity index (χ4v) is 2.79. The van der Waals surface area contributed by atoms with Crippen LogP contribution >= 0.6 is 0 Å². The van der Waals surface area contributed by atoms with Crippen molar-refractivity contribution in [3.05, 3.63) is 59.5 Å². The number of benzene rings is 1. The molecule has 2 aromatic heterocycles. The number of fused-ring (bicyclic) bond motifs is 1. The zero-order valence-corrected chi connectivity index (χ0v) is 15.3. The maximum Gasteiger partial charge on any atom is 0.220 e. The van der Waals surface area contributed by atoms with E-state index in [1.807, 2.05) is 54.0 Å².